The average molecular weight is 299 g/mol. The number of hydrogen-bond donors (Lipinski definition) is 1. The smallest absolute Gasteiger partial charge is 0.275 e. The maximum absolute atomic E-state index is 12.1. The van der Waals surface area contributed by atoms with E-state index in [1.807, 2.05) is 36.4 Å². The molecule has 1 amide bonds. The molecule has 1 heterocycles. The molecule has 21 heavy (non-hydrogen) atoms. The Hall–Kier alpha value is -2.59. The standard InChI is InChI=1S/C16H11ClN2O2/c17-12-7-5-11(6-8-12)9-18-19-16(20)14-10-21-15-4-2-1-3-13(14)15/h1-10H,(H,19,20)/b18-9+. The minimum atomic E-state index is -0.315. The third-order valence-electron chi connectivity index (χ3n) is 2.98. The molecule has 0 aliphatic rings. The number of para-hydroxylation sites is 1. The number of benzene rings is 2. The van der Waals surface area contributed by atoms with Crippen LogP contribution in [-0.2, 0) is 0 Å². The van der Waals surface area contributed by atoms with E-state index in [0.29, 0.717) is 16.2 Å². The van der Waals surface area contributed by atoms with Gasteiger partial charge < -0.3 is 4.42 Å². The van der Waals surface area contributed by atoms with E-state index in [2.05, 4.69) is 10.5 Å². The van der Waals surface area contributed by atoms with E-state index in [1.165, 1.54) is 6.26 Å². The van der Waals surface area contributed by atoms with Crippen molar-refractivity contribution in [3.8, 4) is 0 Å². The molecule has 0 saturated carbocycles. The van der Waals surface area contributed by atoms with Crippen LogP contribution >= 0.6 is 11.6 Å². The van der Waals surface area contributed by atoms with Crippen molar-refractivity contribution in [1.82, 2.24) is 5.43 Å². The van der Waals surface area contributed by atoms with Gasteiger partial charge in [0.05, 0.1) is 11.8 Å². The van der Waals surface area contributed by atoms with E-state index in [4.69, 9.17) is 16.0 Å². The van der Waals surface area contributed by atoms with Gasteiger partial charge in [-0.05, 0) is 23.8 Å². The number of hydrazone groups is 1. The summed E-state index contributed by atoms with van der Waals surface area (Å²) in [6.45, 7) is 0. The topological polar surface area (TPSA) is 54.6 Å². The van der Waals surface area contributed by atoms with Crippen LogP contribution in [0.4, 0.5) is 0 Å². The number of carbonyl (C=O) groups excluding carboxylic acids is 1. The summed E-state index contributed by atoms with van der Waals surface area (Å²) in [6, 6.07) is 14.5. The number of halogens is 1. The fourth-order valence-electron chi connectivity index (χ4n) is 1.93. The molecule has 0 atom stereocenters. The highest BCUT2D eigenvalue weighted by Crippen LogP contribution is 2.20. The third-order valence-corrected chi connectivity index (χ3v) is 3.23. The molecule has 0 unspecified atom stereocenters. The maximum atomic E-state index is 12.1. The van der Waals surface area contributed by atoms with Gasteiger partial charge in [0.25, 0.3) is 5.91 Å². The van der Waals surface area contributed by atoms with Gasteiger partial charge in [-0.2, -0.15) is 5.10 Å². The van der Waals surface area contributed by atoms with Gasteiger partial charge >= 0.3 is 0 Å². The van der Waals surface area contributed by atoms with Crippen LogP contribution in [0.15, 0.2) is 64.3 Å². The Labute approximate surface area is 126 Å². The first-order valence-electron chi connectivity index (χ1n) is 6.29. The van der Waals surface area contributed by atoms with Crippen molar-refractivity contribution in [2.24, 2.45) is 5.10 Å². The molecule has 0 saturated heterocycles. The van der Waals surface area contributed by atoms with Crippen molar-refractivity contribution in [2.75, 3.05) is 0 Å². The first-order valence-corrected chi connectivity index (χ1v) is 6.67. The highest BCUT2D eigenvalue weighted by atomic mass is 35.5. The van der Waals surface area contributed by atoms with Crippen LogP contribution in [-0.4, -0.2) is 12.1 Å². The summed E-state index contributed by atoms with van der Waals surface area (Å²) in [6.07, 6.45) is 2.98. The summed E-state index contributed by atoms with van der Waals surface area (Å²) < 4.78 is 5.32. The summed E-state index contributed by atoms with van der Waals surface area (Å²) in [4.78, 5) is 12.1. The number of amides is 1. The molecule has 0 radical (unpaired) electrons. The minimum absolute atomic E-state index is 0.315. The Bertz CT molecular complexity index is 807. The lowest BCUT2D eigenvalue weighted by molar-refractivity contribution is 0.0956. The van der Waals surface area contributed by atoms with Gasteiger partial charge in [0.1, 0.15) is 11.8 Å². The molecule has 0 bridgehead atoms. The number of hydrogen-bond acceptors (Lipinski definition) is 3. The monoisotopic (exact) mass is 298 g/mol. The summed E-state index contributed by atoms with van der Waals surface area (Å²) in [5.41, 5.74) is 4.45. The van der Waals surface area contributed by atoms with Crippen molar-refractivity contribution < 1.29 is 9.21 Å². The van der Waals surface area contributed by atoms with Crippen molar-refractivity contribution in [1.29, 1.82) is 0 Å². The van der Waals surface area contributed by atoms with E-state index in [9.17, 15) is 4.79 Å². The summed E-state index contributed by atoms with van der Waals surface area (Å²) in [7, 11) is 0. The van der Waals surface area contributed by atoms with E-state index >= 15 is 0 Å². The van der Waals surface area contributed by atoms with E-state index in [1.54, 1.807) is 18.3 Å². The van der Waals surface area contributed by atoms with Gasteiger partial charge in [0.2, 0.25) is 0 Å². The van der Waals surface area contributed by atoms with Crippen molar-refractivity contribution in [3.05, 3.63) is 70.9 Å². The second-order valence-electron chi connectivity index (χ2n) is 4.40. The third kappa shape index (κ3) is 2.95. The normalized spacial score (nSPS) is 11.1. The van der Waals surface area contributed by atoms with E-state index in [0.717, 1.165) is 10.9 Å². The van der Waals surface area contributed by atoms with E-state index < -0.39 is 0 Å². The molecule has 1 aromatic heterocycles. The number of nitrogens with zero attached hydrogens (tertiary/aromatic N) is 1. The first kappa shape index (κ1) is 13.4. The Balaban J connectivity index is 1.73. The van der Waals surface area contributed by atoms with Crippen LogP contribution in [0.3, 0.4) is 0 Å². The van der Waals surface area contributed by atoms with Crippen molar-refractivity contribution >= 4 is 34.7 Å². The molecule has 2 aromatic carbocycles. The number of carbonyl (C=O) groups is 1. The van der Waals surface area contributed by atoms with E-state index in [-0.39, 0.29) is 5.91 Å². The predicted octanol–water partition coefficient (Wildman–Crippen LogP) is 3.85. The van der Waals surface area contributed by atoms with Gasteiger partial charge in [-0.25, -0.2) is 5.43 Å². The second-order valence-corrected chi connectivity index (χ2v) is 4.83. The Morgan fingerprint density at radius 3 is 2.71 bits per heavy atom. The molecular formula is C16H11ClN2O2. The molecule has 0 aliphatic heterocycles. The molecule has 5 heteroatoms. The minimum Gasteiger partial charge on any atom is -0.463 e. The van der Waals surface area contributed by atoms with Crippen LogP contribution in [0.2, 0.25) is 5.02 Å². The zero-order valence-corrected chi connectivity index (χ0v) is 11.7. The number of furan rings is 1. The van der Waals surface area contributed by atoms with Gasteiger partial charge in [0, 0.05) is 10.4 Å². The number of rotatable bonds is 3. The summed E-state index contributed by atoms with van der Waals surface area (Å²) in [5.74, 6) is -0.315. The molecule has 3 aromatic rings. The molecular weight excluding hydrogens is 288 g/mol. The lowest BCUT2D eigenvalue weighted by Gasteiger charge is -1.97. The van der Waals surface area contributed by atoms with Crippen LogP contribution in [0.25, 0.3) is 11.0 Å². The highest BCUT2D eigenvalue weighted by Gasteiger charge is 2.12. The SMILES string of the molecule is O=C(N/N=C/c1ccc(Cl)cc1)c1coc2ccccc12. The fraction of sp³-hybridized carbons (Fsp3) is 0. The van der Waals surface area contributed by atoms with Crippen LogP contribution in [0.1, 0.15) is 15.9 Å². The van der Waals surface area contributed by atoms with Gasteiger partial charge in [-0.15, -0.1) is 0 Å². The fourth-order valence-corrected chi connectivity index (χ4v) is 2.05. The maximum Gasteiger partial charge on any atom is 0.275 e. The molecule has 0 spiro atoms. The molecule has 4 nitrogen and oxygen atoms in total. The van der Waals surface area contributed by atoms with Crippen molar-refractivity contribution in [3.63, 3.8) is 0 Å². The summed E-state index contributed by atoms with van der Waals surface area (Å²) >= 11 is 5.79. The summed E-state index contributed by atoms with van der Waals surface area (Å²) in [5, 5.41) is 5.34. The van der Waals surface area contributed by atoms with Gasteiger partial charge in [0.15, 0.2) is 0 Å². The predicted molar refractivity (Wildman–Crippen MR) is 82.7 cm³/mol. The zero-order valence-electron chi connectivity index (χ0n) is 10.9. The Morgan fingerprint density at radius 1 is 1.14 bits per heavy atom. The first-order chi connectivity index (χ1) is 10.2. The average Bonchev–Trinajstić information content (AvgIpc) is 2.93. The lowest BCUT2D eigenvalue weighted by atomic mass is 10.2. The quantitative estimate of drug-likeness (QED) is 0.590. The van der Waals surface area contributed by atoms with Crippen molar-refractivity contribution in [2.45, 2.75) is 0 Å². The molecule has 0 fully saturated rings. The zero-order chi connectivity index (χ0) is 14.7. The highest BCUT2D eigenvalue weighted by molar-refractivity contribution is 6.30. The number of fused-ring (bicyclic) bond motifs is 1. The van der Waals surface area contributed by atoms with Gasteiger partial charge in [-0.1, -0.05) is 41.9 Å². The molecule has 104 valence electrons. The Morgan fingerprint density at radius 2 is 1.90 bits per heavy atom. The molecule has 1 N–H and O–H groups in total. The lowest BCUT2D eigenvalue weighted by Crippen LogP contribution is -2.17. The second kappa shape index (κ2) is 5.81. The number of nitrogens with one attached hydrogen (secondary N) is 1. The van der Waals surface area contributed by atoms with Crippen LogP contribution < -0.4 is 5.43 Å². The van der Waals surface area contributed by atoms with Crippen LogP contribution in [0.5, 0.6) is 0 Å². The molecule has 3 rings (SSSR count). The molecule has 0 aliphatic carbocycles. The Kier molecular flexibility index (Phi) is 3.71. The van der Waals surface area contributed by atoms with Crippen LogP contribution in [0, 0.1) is 0 Å². The van der Waals surface area contributed by atoms with Gasteiger partial charge in [-0.3, -0.25) is 4.79 Å². The largest absolute Gasteiger partial charge is 0.463 e.